The number of halogens is 2. The maximum absolute atomic E-state index is 9.69. The molecule has 0 saturated carbocycles. The van der Waals surface area contributed by atoms with Gasteiger partial charge in [0.05, 0.1) is 19.7 Å². The summed E-state index contributed by atoms with van der Waals surface area (Å²) in [4.78, 5) is 4.52. The molecule has 0 amide bonds. The van der Waals surface area contributed by atoms with Gasteiger partial charge in [0.2, 0.25) is 0 Å². The molecule has 0 saturated heterocycles. The minimum absolute atomic E-state index is 0.206. The Bertz CT molecular complexity index is 741. The fourth-order valence-corrected chi connectivity index (χ4v) is 3.18. The highest BCUT2D eigenvalue weighted by Gasteiger charge is 2.10. The van der Waals surface area contributed by atoms with Gasteiger partial charge in [0, 0.05) is 5.56 Å². The van der Waals surface area contributed by atoms with E-state index in [0.717, 1.165) is 20.8 Å². The minimum Gasteiger partial charge on any atom is -0.507 e. The summed E-state index contributed by atoms with van der Waals surface area (Å²) in [6.45, 7) is 0. The van der Waals surface area contributed by atoms with Crippen molar-refractivity contribution in [3.8, 4) is 16.3 Å². The molecule has 18 heavy (non-hydrogen) atoms. The summed E-state index contributed by atoms with van der Waals surface area (Å²) in [6.07, 6.45) is 0. The first-order valence-electron chi connectivity index (χ1n) is 5.19. The number of hydrogen-bond donors (Lipinski definition) is 1. The van der Waals surface area contributed by atoms with Crippen LogP contribution in [0.15, 0.2) is 40.9 Å². The van der Waals surface area contributed by atoms with Gasteiger partial charge in [0.15, 0.2) is 0 Å². The number of aromatic hydroxyl groups is 1. The van der Waals surface area contributed by atoms with Crippen LogP contribution in [0.4, 0.5) is 0 Å². The van der Waals surface area contributed by atoms with Crippen LogP contribution in [0.25, 0.3) is 20.8 Å². The van der Waals surface area contributed by atoms with E-state index in [2.05, 4.69) is 20.9 Å². The van der Waals surface area contributed by atoms with Gasteiger partial charge in [0.25, 0.3) is 0 Å². The average Bonchev–Trinajstić information content (AvgIpc) is 2.78. The quantitative estimate of drug-likeness (QED) is 0.669. The number of hydrogen-bond acceptors (Lipinski definition) is 3. The number of fused-ring (bicyclic) bond motifs is 1. The van der Waals surface area contributed by atoms with Gasteiger partial charge in [-0.15, -0.1) is 11.3 Å². The third-order valence-electron chi connectivity index (χ3n) is 2.56. The van der Waals surface area contributed by atoms with Crippen molar-refractivity contribution < 1.29 is 5.11 Å². The fourth-order valence-electron chi connectivity index (χ4n) is 1.68. The Hall–Kier alpha value is -1.10. The molecule has 1 aromatic heterocycles. The molecule has 5 heteroatoms. The van der Waals surface area contributed by atoms with Crippen LogP contribution in [0.1, 0.15) is 0 Å². The summed E-state index contributed by atoms with van der Waals surface area (Å²) in [7, 11) is 0. The van der Waals surface area contributed by atoms with Gasteiger partial charge in [-0.1, -0.05) is 23.7 Å². The molecule has 0 atom stereocenters. The number of aromatic nitrogens is 1. The van der Waals surface area contributed by atoms with Crippen molar-refractivity contribution in [2.75, 3.05) is 0 Å². The molecule has 2 aromatic carbocycles. The van der Waals surface area contributed by atoms with E-state index in [1.54, 1.807) is 12.1 Å². The van der Waals surface area contributed by atoms with Gasteiger partial charge in [-0.3, -0.25) is 0 Å². The van der Waals surface area contributed by atoms with E-state index in [9.17, 15) is 5.11 Å². The molecule has 0 aliphatic rings. The van der Waals surface area contributed by atoms with E-state index in [4.69, 9.17) is 11.6 Å². The van der Waals surface area contributed by atoms with Crippen LogP contribution in [0, 0.1) is 0 Å². The van der Waals surface area contributed by atoms with Crippen LogP contribution in [0.5, 0.6) is 5.75 Å². The van der Waals surface area contributed by atoms with Gasteiger partial charge < -0.3 is 5.11 Å². The van der Waals surface area contributed by atoms with Crippen LogP contribution >= 0.6 is 38.9 Å². The third-order valence-corrected chi connectivity index (χ3v) is 4.81. The highest BCUT2D eigenvalue weighted by molar-refractivity contribution is 9.10. The summed E-state index contributed by atoms with van der Waals surface area (Å²) in [5, 5.41) is 11.2. The second kappa shape index (κ2) is 4.53. The van der Waals surface area contributed by atoms with Gasteiger partial charge in [0.1, 0.15) is 10.8 Å². The number of thiazole rings is 1. The highest BCUT2D eigenvalue weighted by Crippen LogP contribution is 2.36. The Morgan fingerprint density at radius 3 is 2.78 bits per heavy atom. The number of benzene rings is 2. The number of phenolic OH excluding ortho intramolecular Hbond substituents is 1. The standard InChI is InChI=1S/C13H7BrClNOS/c14-8-5-4-7(6-11(8)17)13-16-10-3-1-2-9(15)12(10)18-13/h1-6,17H. The molecule has 0 bridgehead atoms. The van der Waals surface area contributed by atoms with Crippen LogP contribution in [0.2, 0.25) is 5.02 Å². The Morgan fingerprint density at radius 2 is 2.06 bits per heavy atom. The van der Waals surface area contributed by atoms with Crippen LogP contribution < -0.4 is 0 Å². The molecule has 0 fully saturated rings. The Morgan fingerprint density at radius 1 is 1.22 bits per heavy atom. The zero-order valence-corrected chi connectivity index (χ0v) is 12.2. The van der Waals surface area contributed by atoms with Crippen LogP contribution in [0.3, 0.4) is 0 Å². The summed E-state index contributed by atoms with van der Waals surface area (Å²) in [5.41, 5.74) is 1.76. The molecule has 0 aliphatic heterocycles. The van der Waals surface area contributed by atoms with Crippen molar-refractivity contribution in [1.82, 2.24) is 4.98 Å². The van der Waals surface area contributed by atoms with Crippen LogP contribution in [-0.2, 0) is 0 Å². The van der Waals surface area contributed by atoms with E-state index in [1.165, 1.54) is 11.3 Å². The molecule has 3 rings (SSSR count). The average molecular weight is 341 g/mol. The number of rotatable bonds is 1. The molecule has 1 heterocycles. The molecule has 0 unspecified atom stereocenters. The summed E-state index contributed by atoms with van der Waals surface area (Å²) >= 11 is 10.9. The minimum atomic E-state index is 0.206. The maximum Gasteiger partial charge on any atom is 0.130 e. The topological polar surface area (TPSA) is 33.1 Å². The lowest BCUT2D eigenvalue weighted by Gasteiger charge is -1.99. The summed E-state index contributed by atoms with van der Waals surface area (Å²) < 4.78 is 1.64. The Kier molecular flexibility index (Phi) is 3.01. The lowest BCUT2D eigenvalue weighted by molar-refractivity contribution is 0.472. The molecule has 3 aromatic rings. The lowest BCUT2D eigenvalue weighted by Crippen LogP contribution is -1.76. The molecular formula is C13H7BrClNOS. The predicted molar refractivity (Wildman–Crippen MR) is 79.4 cm³/mol. The van der Waals surface area contributed by atoms with Crippen molar-refractivity contribution in [2.45, 2.75) is 0 Å². The first-order valence-corrected chi connectivity index (χ1v) is 7.18. The van der Waals surface area contributed by atoms with Crippen molar-refractivity contribution in [1.29, 1.82) is 0 Å². The van der Waals surface area contributed by atoms with Gasteiger partial charge in [-0.25, -0.2) is 4.98 Å². The smallest absolute Gasteiger partial charge is 0.130 e. The second-order valence-electron chi connectivity index (χ2n) is 3.77. The third kappa shape index (κ3) is 2.00. The van der Waals surface area contributed by atoms with Gasteiger partial charge in [-0.05, 0) is 40.2 Å². The molecular weight excluding hydrogens is 334 g/mol. The van der Waals surface area contributed by atoms with Crippen molar-refractivity contribution in [3.05, 3.63) is 45.9 Å². The number of nitrogens with zero attached hydrogens (tertiary/aromatic N) is 1. The largest absolute Gasteiger partial charge is 0.507 e. The first kappa shape index (κ1) is 12.0. The van der Waals surface area contributed by atoms with Crippen LogP contribution in [-0.4, -0.2) is 10.1 Å². The van der Waals surface area contributed by atoms with E-state index < -0.39 is 0 Å². The monoisotopic (exact) mass is 339 g/mol. The molecule has 0 aliphatic carbocycles. The first-order chi connectivity index (χ1) is 8.65. The van der Waals surface area contributed by atoms with E-state index in [-0.39, 0.29) is 5.75 Å². The van der Waals surface area contributed by atoms with Crippen molar-refractivity contribution >= 4 is 49.1 Å². The number of phenols is 1. The zero-order valence-electron chi connectivity index (χ0n) is 9.02. The predicted octanol–water partition coefficient (Wildman–Crippen LogP) is 5.08. The Balaban J connectivity index is 2.19. The van der Waals surface area contributed by atoms with E-state index in [0.29, 0.717) is 9.50 Å². The zero-order chi connectivity index (χ0) is 12.7. The summed E-state index contributed by atoms with van der Waals surface area (Å²) in [6, 6.07) is 11.1. The van der Waals surface area contributed by atoms with Crippen molar-refractivity contribution in [2.24, 2.45) is 0 Å². The summed E-state index contributed by atoms with van der Waals surface area (Å²) in [5.74, 6) is 0.206. The van der Waals surface area contributed by atoms with Gasteiger partial charge in [-0.2, -0.15) is 0 Å². The van der Waals surface area contributed by atoms with Crippen molar-refractivity contribution in [3.63, 3.8) is 0 Å². The normalized spacial score (nSPS) is 11.0. The fraction of sp³-hybridized carbons (Fsp3) is 0. The molecule has 0 spiro atoms. The molecule has 0 radical (unpaired) electrons. The molecule has 1 N–H and O–H groups in total. The molecule has 90 valence electrons. The van der Waals surface area contributed by atoms with E-state index in [1.807, 2.05) is 24.3 Å². The lowest BCUT2D eigenvalue weighted by atomic mass is 10.2. The Labute approximate surface area is 121 Å². The molecule has 2 nitrogen and oxygen atoms in total. The SMILES string of the molecule is Oc1cc(-c2nc3cccc(Cl)c3s2)ccc1Br. The second-order valence-corrected chi connectivity index (χ2v) is 6.03. The highest BCUT2D eigenvalue weighted by atomic mass is 79.9. The van der Waals surface area contributed by atoms with E-state index >= 15 is 0 Å². The maximum atomic E-state index is 9.69. The van der Waals surface area contributed by atoms with Gasteiger partial charge >= 0.3 is 0 Å².